The molecule has 0 unspecified atom stereocenters. The van der Waals surface area contributed by atoms with E-state index in [4.69, 9.17) is 0 Å². The Morgan fingerprint density at radius 1 is 1.07 bits per heavy atom. The van der Waals surface area contributed by atoms with Crippen LogP contribution in [-0.2, 0) is 27.9 Å². The van der Waals surface area contributed by atoms with E-state index in [1.54, 1.807) is 4.90 Å². The lowest BCUT2D eigenvalue weighted by Crippen LogP contribution is -3.08. The number of rotatable bonds is 8. The van der Waals surface area contributed by atoms with E-state index in [9.17, 15) is 17.6 Å². The first kappa shape index (κ1) is 21.4. The van der Waals surface area contributed by atoms with Crippen molar-refractivity contribution in [3.8, 4) is 0 Å². The van der Waals surface area contributed by atoms with E-state index < -0.39 is 15.8 Å². The maximum absolute atomic E-state index is 13.0. The average molecular weight is 421 g/mol. The number of hydrogen-bond acceptors (Lipinski definition) is 3. The van der Waals surface area contributed by atoms with Gasteiger partial charge < -0.3 is 10.2 Å². The molecular weight excluding hydrogens is 393 g/mol. The molecule has 29 heavy (non-hydrogen) atoms. The van der Waals surface area contributed by atoms with Gasteiger partial charge in [-0.25, -0.2) is 12.8 Å². The zero-order chi connectivity index (χ0) is 20.9. The standard InChI is InChI=1S/C21H26FN3O3S/c1-24(29(27,28)20-10-8-19(22)9-11-20)16-21(26)23-14-17-6-2-3-7-18(17)15-25-12-4-5-13-25/h2-3,6-11H,4-5,12-16H2,1H3,(H,23,26)/p+1. The summed E-state index contributed by atoms with van der Waals surface area (Å²) in [5.74, 6) is -0.903. The van der Waals surface area contributed by atoms with Crippen molar-refractivity contribution >= 4 is 15.9 Å². The van der Waals surface area contributed by atoms with E-state index in [0.29, 0.717) is 6.54 Å². The second kappa shape index (κ2) is 9.47. The predicted octanol–water partition coefficient (Wildman–Crippen LogP) is 0.941. The van der Waals surface area contributed by atoms with E-state index in [1.807, 2.05) is 18.2 Å². The molecule has 0 aliphatic carbocycles. The summed E-state index contributed by atoms with van der Waals surface area (Å²) in [7, 11) is -2.52. The van der Waals surface area contributed by atoms with Crippen LogP contribution in [0.1, 0.15) is 24.0 Å². The molecule has 0 saturated carbocycles. The number of carbonyl (C=O) groups excluding carboxylic acids is 1. The van der Waals surface area contributed by atoms with E-state index in [0.717, 1.165) is 28.5 Å². The third-order valence-corrected chi connectivity index (χ3v) is 7.05. The summed E-state index contributed by atoms with van der Waals surface area (Å²) in [4.78, 5) is 13.8. The zero-order valence-electron chi connectivity index (χ0n) is 16.5. The molecule has 2 aromatic rings. The van der Waals surface area contributed by atoms with Crippen LogP contribution >= 0.6 is 0 Å². The van der Waals surface area contributed by atoms with E-state index in [2.05, 4.69) is 11.4 Å². The van der Waals surface area contributed by atoms with Crippen molar-refractivity contribution < 1.29 is 22.5 Å². The number of likely N-dealkylation sites (tertiary alicyclic amines) is 1. The van der Waals surface area contributed by atoms with Crippen molar-refractivity contribution in [3.05, 3.63) is 65.5 Å². The number of likely N-dealkylation sites (N-methyl/N-ethyl adjacent to an activating group) is 1. The molecule has 1 aliphatic rings. The Morgan fingerprint density at radius 2 is 1.69 bits per heavy atom. The summed E-state index contributed by atoms with van der Waals surface area (Å²) in [5, 5.41) is 2.81. The van der Waals surface area contributed by atoms with Gasteiger partial charge >= 0.3 is 0 Å². The maximum Gasteiger partial charge on any atom is 0.243 e. The quantitative estimate of drug-likeness (QED) is 0.668. The van der Waals surface area contributed by atoms with Gasteiger partial charge in [-0.3, -0.25) is 4.79 Å². The highest BCUT2D eigenvalue weighted by molar-refractivity contribution is 7.89. The Bertz CT molecular complexity index is 942. The van der Waals surface area contributed by atoms with E-state index >= 15 is 0 Å². The molecule has 1 heterocycles. The fourth-order valence-electron chi connectivity index (χ4n) is 3.55. The second-order valence-electron chi connectivity index (χ2n) is 7.39. The monoisotopic (exact) mass is 420 g/mol. The summed E-state index contributed by atoms with van der Waals surface area (Å²) in [6.07, 6.45) is 2.51. The number of carbonyl (C=O) groups is 1. The number of hydrogen-bond donors (Lipinski definition) is 2. The minimum Gasteiger partial charge on any atom is -0.351 e. The lowest BCUT2D eigenvalue weighted by molar-refractivity contribution is -0.901. The van der Waals surface area contributed by atoms with Gasteiger partial charge in [0.05, 0.1) is 24.5 Å². The second-order valence-corrected chi connectivity index (χ2v) is 9.44. The van der Waals surface area contributed by atoms with Crippen molar-refractivity contribution in [2.45, 2.75) is 30.8 Å². The summed E-state index contributed by atoms with van der Waals surface area (Å²) in [6, 6.07) is 12.6. The predicted molar refractivity (Wildman–Crippen MR) is 108 cm³/mol. The molecule has 1 aliphatic heterocycles. The number of benzene rings is 2. The maximum atomic E-state index is 13.0. The van der Waals surface area contributed by atoms with Gasteiger partial charge in [-0.15, -0.1) is 0 Å². The molecule has 156 valence electrons. The van der Waals surface area contributed by atoms with E-state index in [1.165, 1.54) is 50.7 Å². The number of quaternary nitrogens is 1. The summed E-state index contributed by atoms with van der Waals surface area (Å²) < 4.78 is 39.0. The van der Waals surface area contributed by atoms with Crippen LogP contribution in [0.15, 0.2) is 53.4 Å². The number of nitrogens with zero attached hydrogens (tertiary/aromatic N) is 1. The molecule has 2 aromatic carbocycles. The summed E-state index contributed by atoms with van der Waals surface area (Å²) in [6.45, 7) is 3.33. The highest BCUT2D eigenvalue weighted by Gasteiger charge is 2.23. The first-order valence-electron chi connectivity index (χ1n) is 9.75. The highest BCUT2D eigenvalue weighted by atomic mass is 32.2. The van der Waals surface area contributed by atoms with Crippen LogP contribution in [0.5, 0.6) is 0 Å². The van der Waals surface area contributed by atoms with Crippen LogP contribution in [0, 0.1) is 5.82 Å². The highest BCUT2D eigenvalue weighted by Crippen LogP contribution is 2.14. The molecule has 0 radical (unpaired) electrons. The van der Waals surface area contributed by atoms with Crippen LogP contribution in [-0.4, -0.2) is 45.3 Å². The Kier molecular flexibility index (Phi) is 7.00. The number of amides is 1. The lowest BCUT2D eigenvalue weighted by atomic mass is 10.1. The molecule has 1 fully saturated rings. The molecule has 0 aromatic heterocycles. The summed E-state index contributed by atoms with van der Waals surface area (Å²) >= 11 is 0. The minimum absolute atomic E-state index is 0.0480. The number of sulfonamides is 1. The van der Waals surface area contributed by atoms with E-state index in [-0.39, 0.29) is 17.3 Å². The SMILES string of the molecule is CN(CC(=O)NCc1ccccc1C[NH+]1CCCC1)S(=O)(=O)c1ccc(F)cc1. The van der Waals surface area contributed by atoms with Gasteiger partial charge in [0, 0.05) is 32.0 Å². The third-order valence-electron chi connectivity index (χ3n) is 5.23. The van der Waals surface area contributed by atoms with Crippen molar-refractivity contribution in [3.63, 3.8) is 0 Å². The van der Waals surface area contributed by atoms with Gasteiger partial charge in [0.25, 0.3) is 0 Å². The van der Waals surface area contributed by atoms with Crippen molar-refractivity contribution in [2.24, 2.45) is 0 Å². The van der Waals surface area contributed by atoms with Gasteiger partial charge in [0.15, 0.2) is 0 Å². The third kappa shape index (κ3) is 5.62. The van der Waals surface area contributed by atoms with Crippen LogP contribution in [0.3, 0.4) is 0 Å². The Hall–Kier alpha value is -2.29. The average Bonchev–Trinajstić information content (AvgIpc) is 3.20. The molecule has 0 spiro atoms. The number of halogens is 1. The number of nitrogens with one attached hydrogen (secondary N) is 2. The molecule has 6 nitrogen and oxygen atoms in total. The van der Waals surface area contributed by atoms with Crippen LogP contribution in [0.4, 0.5) is 4.39 Å². The fraction of sp³-hybridized carbons (Fsp3) is 0.381. The zero-order valence-corrected chi connectivity index (χ0v) is 17.3. The molecule has 0 atom stereocenters. The first-order valence-corrected chi connectivity index (χ1v) is 11.2. The topological polar surface area (TPSA) is 70.9 Å². The van der Waals surface area contributed by atoms with Crippen molar-refractivity contribution in [2.75, 3.05) is 26.7 Å². The minimum atomic E-state index is -3.86. The molecule has 8 heteroatoms. The molecular formula is C21H27FN3O3S+. The van der Waals surface area contributed by atoms with Crippen LogP contribution in [0.25, 0.3) is 0 Å². The van der Waals surface area contributed by atoms with Gasteiger partial charge in [0.2, 0.25) is 15.9 Å². The first-order chi connectivity index (χ1) is 13.9. The molecule has 1 saturated heterocycles. The Morgan fingerprint density at radius 3 is 2.34 bits per heavy atom. The normalized spacial score (nSPS) is 15.0. The van der Waals surface area contributed by atoms with Crippen LogP contribution in [0.2, 0.25) is 0 Å². The largest absolute Gasteiger partial charge is 0.351 e. The van der Waals surface area contributed by atoms with Crippen molar-refractivity contribution in [1.29, 1.82) is 0 Å². The molecule has 0 bridgehead atoms. The van der Waals surface area contributed by atoms with Gasteiger partial charge in [0.1, 0.15) is 12.4 Å². The molecule has 3 rings (SSSR count). The van der Waals surface area contributed by atoms with Gasteiger partial charge in [-0.2, -0.15) is 4.31 Å². The Labute approximate surface area is 171 Å². The Balaban J connectivity index is 1.58. The molecule has 1 amide bonds. The fourth-order valence-corrected chi connectivity index (χ4v) is 4.67. The smallest absolute Gasteiger partial charge is 0.243 e. The van der Waals surface area contributed by atoms with Gasteiger partial charge in [-0.1, -0.05) is 24.3 Å². The summed E-state index contributed by atoms with van der Waals surface area (Å²) in [5.41, 5.74) is 2.25. The van der Waals surface area contributed by atoms with Crippen molar-refractivity contribution in [1.82, 2.24) is 9.62 Å². The lowest BCUT2D eigenvalue weighted by Gasteiger charge is -2.18. The molecule has 2 N–H and O–H groups in total. The van der Waals surface area contributed by atoms with Crippen LogP contribution < -0.4 is 10.2 Å². The van der Waals surface area contributed by atoms with Gasteiger partial charge in [-0.05, 0) is 29.8 Å².